The Balaban J connectivity index is 3.31. The average molecular weight is 266 g/mol. The Labute approximate surface area is 92.7 Å². The molecule has 0 saturated carbocycles. The van der Waals surface area contributed by atoms with E-state index in [0.717, 1.165) is 24.5 Å². The van der Waals surface area contributed by atoms with Crippen molar-refractivity contribution in [2.24, 2.45) is 0 Å². The van der Waals surface area contributed by atoms with Crippen LogP contribution in [0.15, 0.2) is 12.7 Å². The number of nitrogens with one attached hydrogen (secondary N) is 1. The second-order valence-electron chi connectivity index (χ2n) is 2.53. The Bertz CT molecular complexity index is 164. The molecular formula is C9H16BrNOS. The van der Waals surface area contributed by atoms with Gasteiger partial charge >= 0.3 is 0 Å². The van der Waals surface area contributed by atoms with Gasteiger partial charge in [0.2, 0.25) is 5.91 Å². The highest BCUT2D eigenvalue weighted by atomic mass is 79.9. The third-order valence-corrected chi connectivity index (χ3v) is 3.45. The van der Waals surface area contributed by atoms with Gasteiger partial charge in [-0.1, -0.05) is 28.9 Å². The van der Waals surface area contributed by atoms with E-state index in [2.05, 4.69) is 27.8 Å². The van der Waals surface area contributed by atoms with Gasteiger partial charge in [0, 0.05) is 18.1 Å². The van der Waals surface area contributed by atoms with E-state index in [1.807, 2.05) is 13.0 Å². The molecule has 0 heterocycles. The van der Waals surface area contributed by atoms with E-state index >= 15 is 0 Å². The standard InChI is InChI=1S/C9H16BrNOS/c1-3-6-13-7-5-11-9(12)8(10)4-2/h3,8H,1,4-7H2,2H3,(H,11,12). The van der Waals surface area contributed by atoms with Crippen molar-refractivity contribution >= 4 is 33.6 Å². The third kappa shape index (κ3) is 7.14. The van der Waals surface area contributed by atoms with Crippen LogP contribution in [0.5, 0.6) is 0 Å². The SMILES string of the molecule is C=CCSCCNC(=O)C(Br)CC. The second-order valence-corrected chi connectivity index (χ2v) is 4.79. The normalized spacial score (nSPS) is 12.2. The lowest BCUT2D eigenvalue weighted by atomic mass is 10.3. The lowest BCUT2D eigenvalue weighted by molar-refractivity contribution is -0.120. The van der Waals surface area contributed by atoms with Crippen LogP contribution in [0.4, 0.5) is 0 Å². The summed E-state index contributed by atoms with van der Waals surface area (Å²) in [5, 5.41) is 2.85. The first-order valence-electron chi connectivity index (χ1n) is 4.32. The van der Waals surface area contributed by atoms with Gasteiger partial charge in [-0.2, -0.15) is 11.8 Å². The Hall–Kier alpha value is 0.0400. The van der Waals surface area contributed by atoms with Gasteiger partial charge in [-0.15, -0.1) is 6.58 Å². The summed E-state index contributed by atoms with van der Waals surface area (Å²) >= 11 is 5.06. The summed E-state index contributed by atoms with van der Waals surface area (Å²) in [4.78, 5) is 11.2. The van der Waals surface area contributed by atoms with E-state index in [0.29, 0.717) is 0 Å². The van der Waals surface area contributed by atoms with Gasteiger partial charge in [-0.05, 0) is 6.42 Å². The van der Waals surface area contributed by atoms with E-state index in [1.54, 1.807) is 11.8 Å². The molecule has 0 aromatic rings. The van der Waals surface area contributed by atoms with Crippen LogP contribution in [0.2, 0.25) is 0 Å². The van der Waals surface area contributed by atoms with Gasteiger partial charge in [0.1, 0.15) is 0 Å². The van der Waals surface area contributed by atoms with Gasteiger partial charge in [-0.3, -0.25) is 4.79 Å². The summed E-state index contributed by atoms with van der Waals surface area (Å²) in [7, 11) is 0. The molecule has 0 spiro atoms. The van der Waals surface area contributed by atoms with Crippen molar-refractivity contribution in [2.75, 3.05) is 18.1 Å². The van der Waals surface area contributed by atoms with E-state index in [1.165, 1.54) is 0 Å². The zero-order chi connectivity index (χ0) is 10.1. The van der Waals surface area contributed by atoms with E-state index in [4.69, 9.17) is 0 Å². The van der Waals surface area contributed by atoms with Crippen LogP contribution in [0, 0.1) is 0 Å². The van der Waals surface area contributed by atoms with Crippen molar-refractivity contribution in [1.82, 2.24) is 5.32 Å². The molecule has 1 N–H and O–H groups in total. The molecule has 1 amide bonds. The van der Waals surface area contributed by atoms with Crippen LogP contribution in [-0.2, 0) is 4.79 Å². The highest BCUT2D eigenvalue weighted by Crippen LogP contribution is 2.04. The lowest BCUT2D eigenvalue weighted by Crippen LogP contribution is -2.32. The fraction of sp³-hybridized carbons (Fsp3) is 0.667. The molecule has 1 unspecified atom stereocenters. The van der Waals surface area contributed by atoms with Crippen LogP contribution in [0.25, 0.3) is 0 Å². The molecule has 0 aliphatic heterocycles. The molecule has 2 nitrogen and oxygen atoms in total. The topological polar surface area (TPSA) is 29.1 Å². The average Bonchev–Trinajstić information content (AvgIpc) is 2.16. The Kier molecular flexibility index (Phi) is 8.66. The number of amides is 1. The van der Waals surface area contributed by atoms with Gasteiger partial charge in [0.25, 0.3) is 0 Å². The first-order valence-corrected chi connectivity index (χ1v) is 6.39. The minimum Gasteiger partial charge on any atom is -0.354 e. The van der Waals surface area contributed by atoms with Crippen molar-refractivity contribution in [1.29, 1.82) is 0 Å². The predicted molar refractivity (Wildman–Crippen MR) is 63.5 cm³/mol. The largest absolute Gasteiger partial charge is 0.354 e. The molecule has 76 valence electrons. The number of halogens is 1. The fourth-order valence-corrected chi connectivity index (χ4v) is 1.45. The summed E-state index contributed by atoms with van der Waals surface area (Å²) in [6.07, 6.45) is 2.69. The minimum absolute atomic E-state index is 0.0445. The molecule has 0 fully saturated rings. The van der Waals surface area contributed by atoms with Crippen LogP contribution in [0.3, 0.4) is 0 Å². The Morgan fingerprint density at radius 2 is 2.46 bits per heavy atom. The molecule has 0 bridgehead atoms. The van der Waals surface area contributed by atoms with Crippen molar-refractivity contribution in [2.45, 2.75) is 18.2 Å². The monoisotopic (exact) mass is 265 g/mol. The maximum atomic E-state index is 11.2. The van der Waals surface area contributed by atoms with Crippen molar-refractivity contribution in [3.8, 4) is 0 Å². The number of carbonyl (C=O) groups is 1. The smallest absolute Gasteiger partial charge is 0.233 e. The first kappa shape index (κ1) is 13.0. The first-order chi connectivity index (χ1) is 6.22. The van der Waals surface area contributed by atoms with E-state index in [9.17, 15) is 4.79 Å². The van der Waals surface area contributed by atoms with Crippen LogP contribution < -0.4 is 5.32 Å². The third-order valence-electron chi connectivity index (χ3n) is 1.42. The molecule has 0 saturated heterocycles. The van der Waals surface area contributed by atoms with Crippen LogP contribution in [0.1, 0.15) is 13.3 Å². The van der Waals surface area contributed by atoms with Crippen LogP contribution >= 0.6 is 27.7 Å². The van der Waals surface area contributed by atoms with Gasteiger partial charge in [-0.25, -0.2) is 0 Å². The number of carbonyl (C=O) groups excluding carboxylic acids is 1. The molecule has 0 aromatic heterocycles. The van der Waals surface area contributed by atoms with Crippen molar-refractivity contribution < 1.29 is 4.79 Å². The molecule has 4 heteroatoms. The summed E-state index contributed by atoms with van der Waals surface area (Å²) < 4.78 is 0. The number of rotatable bonds is 7. The van der Waals surface area contributed by atoms with Gasteiger partial charge in [0.15, 0.2) is 0 Å². The molecule has 0 aliphatic carbocycles. The summed E-state index contributed by atoms with van der Waals surface area (Å²) in [5.74, 6) is 1.98. The number of hydrogen-bond acceptors (Lipinski definition) is 2. The minimum atomic E-state index is -0.0445. The fourth-order valence-electron chi connectivity index (χ4n) is 0.709. The molecule has 0 rings (SSSR count). The molecule has 0 aliphatic rings. The van der Waals surface area contributed by atoms with Gasteiger partial charge in [0.05, 0.1) is 4.83 Å². The van der Waals surface area contributed by atoms with Crippen LogP contribution in [-0.4, -0.2) is 28.8 Å². The summed E-state index contributed by atoms with van der Waals surface area (Å²) in [5.41, 5.74) is 0. The highest BCUT2D eigenvalue weighted by molar-refractivity contribution is 9.10. The maximum absolute atomic E-state index is 11.2. The number of hydrogen-bond donors (Lipinski definition) is 1. The quantitative estimate of drug-likeness (QED) is 0.435. The Morgan fingerprint density at radius 1 is 1.77 bits per heavy atom. The lowest BCUT2D eigenvalue weighted by Gasteiger charge is -2.07. The molecule has 13 heavy (non-hydrogen) atoms. The van der Waals surface area contributed by atoms with E-state index < -0.39 is 0 Å². The highest BCUT2D eigenvalue weighted by Gasteiger charge is 2.10. The zero-order valence-electron chi connectivity index (χ0n) is 7.88. The van der Waals surface area contributed by atoms with Crippen molar-refractivity contribution in [3.63, 3.8) is 0 Å². The summed E-state index contributed by atoms with van der Waals surface area (Å²) in [6, 6.07) is 0. The molecular weight excluding hydrogens is 250 g/mol. The maximum Gasteiger partial charge on any atom is 0.233 e. The number of alkyl halides is 1. The van der Waals surface area contributed by atoms with Crippen molar-refractivity contribution in [3.05, 3.63) is 12.7 Å². The van der Waals surface area contributed by atoms with Gasteiger partial charge < -0.3 is 5.32 Å². The predicted octanol–water partition coefficient (Wildman–Crippen LogP) is 2.20. The number of thioether (sulfide) groups is 1. The molecule has 0 radical (unpaired) electrons. The Morgan fingerprint density at radius 3 is 3.00 bits per heavy atom. The summed E-state index contributed by atoms with van der Waals surface area (Å²) in [6.45, 7) is 6.33. The molecule has 0 aromatic carbocycles. The second kappa shape index (κ2) is 8.63. The van der Waals surface area contributed by atoms with E-state index in [-0.39, 0.29) is 10.7 Å². The zero-order valence-corrected chi connectivity index (χ0v) is 10.3. The molecule has 1 atom stereocenters.